The molecule has 1 heterocycles. The SMILES string of the molecule is O=CC(C=O)c1nc2ccccc2s1. The van der Waals surface area contributed by atoms with Crippen LogP contribution in [0.4, 0.5) is 0 Å². The van der Waals surface area contributed by atoms with Crippen molar-refractivity contribution in [2.75, 3.05) is 0 Å². The molecule has 0 saturated heterocycles. The van der Waals surface area contributed by atoms with E-state index < -0.39 is 5.92 Å². The van der Waals surface area contributed by atoms with Crippen molar-refractivity contribution in [1.82, 2.24) is 4.98 Å². The molecule has 0 spiro atoms. The van der Waals surface area contributed by atoms with Gasteiger partial charge in [-0.15, -0.1) is 11.3 Å². The molecule has 2 aromatic rings. The van der Waals surface area contributed by atoms with Crippen LogP contribution in [0.2, 0.25) is 0 Å². The van der Waals surface area contributed by atoms with Gasteiger partial charge in [0, 0.05) is 0 Å². The minimum Gasteiger partial charge on any atom is -0.302 e. The summed E-state index contributed by atoms with van der Waals surface area (Å²) in [7, 11) is 0. The minimum absolute atomic E-state index is 0.566. The first-order valence-corrected chi connectivity index (χ1v) is 4.93. The Morgan fingerprint density at radius 1 is 1.21 bits per heavy atom. The summed E-state index contributed by atoms with van der Waals surface area (Å²) in [6, 6.07) is 7.56. The van der Waals surface area contributed by atoms with Crippen LogP contribution in [0.1, 0.15) is 10.9 Å². The van der Waals surface area contributed by atoms with E-state index in [-0.39, 0.29) is 0 Å². The predicted molar refractivity (Wildman–Crippen MR) is 54.5 cm³/mol. The van der Waals surface area contributed by atoms with Crippen LogP contribution in [0.15, 0.2) is 24.3 Å². The summed E-state index contributed by atoms with van der Waals surface area (Å²) in [5.41, 5.74) is 0.834. The summed E-state index contributed by atoms with van der Waals surface area (Å²) in [6.45, 7) is 0. The zero-order chi connectivity index (χ0) is 9.97. The molecule has 0 aliphatic heterocycles. The van der Waals surface area contributed by atoms with Gasteiger partial charge in [-0.25, -0.2) is 4.98 Å². The lowest BCUT2D eigenvalue weighted by Gasteiger charge is -1.92. The van der Waals surface area contributed by atoms with Crippen LogP contribution in [-0.4, -0.2) is 17.6 Å². The van der Waals surface area contributed by atoms with E-state index in [4.69, 9.17) is 0 Å². The highest BCUT2D eigenvalue weighted by Gasteiger charge is 2.13. The van der Waals surface area contributed by atoms with Gasteiger partial charge in [0.05, 0.1) is 10.2 Å². The van der Waals surface area contributed by atoms with Gasteiger partial charge in [0.2, 0.25) is 0 Å². The molecule has 1 aromatic heterocycles. The fourth-order valence-corrected chi connectivity index (χ4v) is 2.16. The number of nitrogens with zero attached hydrogens (tertiary/aromatic N) is 1. The van der Waals surface area contributed by atoms with E-state index in [0.29, 0.717) is 17.6 Å². The Bertz CT molecular complexity index is 437. The molecule has 14 heavy (non-hydrogen) atoms. The van der Waals surface area contributed by atoms with Crippen molar-refractivity contribution in [3.8, 4) is 0 Å². The van der Waals surface area contributed by atoms with Gasteiger partial charge in [-0.2, -0.15) is 0 Å². The summed E-state index contributed by atoms with van der Waals surface area (Å²) >= 11 is 1.38. The molecular weight excluding hydrogens is 198 g/mol. The van der Waals surface area contributed by atoms with Crippen molar-refractivity contribution in [3.63, 3.8) is 0 Å². The van der Waals surface area contributed by atoms with Crippen molar-refractivity contribution in [2.45, 2.75) is 5.92 Å². The molecule has 0 saturated carbocycles. The average Bonchev–Trinajstić information content (AvgIpc) is 2.63. The molecule has 0 unspecified atom stereocenters. The van der Waals surface area contributed by atoms with E-state index in [2.05, 4.69) is 4.98 Å². The molecule has 1 aromatic carbocycles. The summed E-state index contributed by atoms with van der Waals surface area (Å²) < 4.78 is 0.996. The van der Waals surface area contributed by atoms with Crippen molar-refractivity contribution < 1.29 is 9.59 Å². The zero-order valence-corrected chi connectivity index (χ0v) is 8.03. The third kappa shape index (κ3) is 1.44. The van der Waals surface area contributed by atoms with Gasteiger partial charge < -0.3 is 9.59 Å². The number of thiazole rings is 1. The van der Waals surface area contributed by atoms with Gasteiger partial charge in [-0.05, 0) is 12.1 Å². The van der Waals surface area contributed by atoms with Crippen LogP contribution in [0.3, 0.4) is 0 Å². The first-order chi connectivity index (χ1) is 6.85. The maximum Gasteiger partial charge on any atom is 0.137 e. The number of rotatable bonds is 3. The first-order valence-electron chi connectivity index (χ1n) is 4.11. The Kier molecular flexibility index (Phi) is 2.37. The van der Waals surface area contributed by atoms with Crippen LogP contribution >= 0.6 is 11.3 Å². The number of benzene rings is 1. The predicted octanol–water partition coefficient (Wildman–Crippen LogP) is 1.78. The Morgan fingerprint density at radius 3 is 2.57 bits per heavy atom. The van der Waals surface area contributed by atoms with Crippen LogP contribution in [0, 0.1) is 0 Å². The van der Waals surface area contributed by atoms with E-state index in [9.17, 15) is 9.59 Å². The second-order valence-corrected chi connectivity index (χ2v) is 3.88. The molecule has 3 nitrogen and oxygen atoms in total. The number of carbonyl (C=O) groups excluding carboxylic acids is 2. The molecule has 0 fully saturated rings. The normalized spacial score (nSPS) is 10.6. The lowest BCUT2D eigenvalue weighted by atomic mass is 10.2. The maximum absolute atomic E-state index is 10.5. The highest BCUT2D eigenvalue weighted by molar-refractivity contribution is 7.18. The number of hydrogen-bond donors (Lipinski definition) is 0. The number of fused-ring (bicyclic) bond motifs is 1. The molecule has 0 amide bonds. The van der Waals surface area contributed by atoms with E-state index in [1.165, 1.54) is 11.3 Å². The van der Waals surface area contributed by atoms with Crippen LogP contribution in [0.5, 0.6) is 0 Å². The van der Waals surface area contributed by atoms with Gasteiger partial charge in [-0.3, -0.25) is 0 Å². The summed E-state index contributed by atoms with van der Waals surface area (Å²) in [5, 5.41) is 0.566. The fourth-order valence-electron chi connectivity index (χ4n) is 1.18. The summed E-state index contributed by atoms with van der Waals surface area (Å²) in [5.74, 6) is -0.715. The third-order valence-corrected chi connectivity index (χ3v) is 3.03. The second-order valence-electron chi connectivity index (χ2n) is 2.82. The summed E-state index contributed by atoms with van der Waals surface area (Å²) in [6.07, 6.45) is 1.23. The van der Waals surface area contributed by atoms with Gasteiger partial charge in [0.15, 0.2) is 0 Å². The van der Waals surface area contributed by atoms with Gasteiger partial charge >= 0.3 is 0 Å². The quantitative estimate of drug-likeness (QED) is 0.566. The molecule has 2 rings (SSSR count). The number of para-hydroxylation sites is 1. The molecule has 4 heteroatoms. The topological polar surface area (TPSA) is 47.0 Å². The molecule has 0 bridgehead atoms. The fraction of sp³-hybridized carbons (Fsp3) is 0.100. The Balaban J connectivity index is 2.53. The van der Waals surface area contributed by atoms with Crippen molar-refractivity contribution >= 4 is 34.1 Å². The highest BCUT2D eigenvalue weighted by atomic mass is 32.1. The smallest absolute Gasteiger partial charge is 0.137 e. The number of aromatic nitrogens is 1. The molecule has 0 N–H and O–H groups in total. The van der Waals surface area contributed by atoms with Crippen molar-refractivity contribution in [1.29, 1.82) is 0 Å². The molecule has 0 aliphatic rings. The summed E-state index contributed by atoms with van der Waals surface area (Å²) in [4.78, 5) is 25.3. The molecule has 70 valence electrons. The van der Waals surface area contributed by atoms with Gasteiger partial charge in [0.1, 0.15) is 23.5 Å². The minimum atomic E-state index is -0.715. The Hall–Kier alpha value is -1.55. The van der Waals surface area contributed by atoms with Crippen LogP contribution in [0.25, 0.3) is 10.2 Å². The first kappa shape index (κ1) is 9.02. The molecule has 0 atom stereocenters. The lowest BCUT2D eigenvalue weighted by Crippen LogP contribution is -1.99. The van der Waals surface area contributed by atoms with Crippen molar-refractivity contribution in [2.24, 2.45) is 0 Å². The highest BCUT2D eigenvalue weighted by Crippen LogP contribution is 2.25. The standard InChI is InChI=1S/C10H7NO2S/c12-5-7(6-13)10-11-8-3-1-2-4-9(8)14-10/h1-7H. The van der Waals surface area contributed by atoms with E-state index in [1.807, 2.05) is 24.3 Å². The third-order valence-electron chi connectivity index (χ3n) is 1.89. The molecule has 0 radical (unpaired) electrons. The van der Waals surface area contributed by atoms with Crippen LogP contribution < -0.4 is 0 Å². The monoisotopic (exact) mass is 205 g/mol. The largest absolute Gasteiger partial charge is 0.302 e. The van der Waals surface area contributed by atoms with Gasteiger partial charge in [-0.1, -0.05) is 12.1 Å². The molecule has 0 aliphatic carbocycles. The van der Waals surface area contributed by atoms with E-state index in [0.717, 1.165) is 10.2 Å². The number of hydrogen-bond acceptors (Lipinski definition) is 4. The Labute approximate surface area is 84.4 Å². The second kappa shape index (κ2) is 3.67. The number of carbonyl (C=O) groups is 2. The average molecular weight is 205 g/mol. The van der Waals surface area contributed by atoms with Crippen molar-refractivity contribution in [3.05, 3.63) is 29.3 Å². The maximum atomic E-state index is 10.5. The number of aldehydes is 2. The zero-order valence-electron chi connectivity index (χ0n) is 7.21. The van der Waals surface area contributed by atoms with Gasteiger partial charge in [0.25, 0.3) is 0 Å². The lowest BCUT2D eigenvalue weighted by molar-refractivity contribution is -0.116. The Morgan fingerprint density at radius 2 is 1.93 bits per heavy atom. The van der Waals surface area contributed by atoms with E-state index in [1.54, 1.807) is 0 Å². The molecular formula is C10H7NO2S. The van der Waals surface area contributed by atoms with Crippen LogP contribution in [-0.2, 0) is 9.59 Å². The van der Waals surface area contributed by atoms with E-state index >= 15 is 0 Å².